The predicted octanol–water partition coefficient (Wildman–Crippen LogP) is 2.73. The van der Waals surface area contributed by atoms with Gasteiger partial charge in [0.2, 0.25) is 0 Å². The van der Waals surface area contributed by atoms with Crippen molar-refractivity contribution in [2.24, 2.45) is 0 Å². The molecule has 0 bridgehead atoms. The molecule has 0 fully saturated rings. The SMILES string of the molecule is CC(NC(=O)c1ccc2c(c1)OCCCO2)c1ccccn1. The van der Waals surface area contributed by atoms with Crippen LogP contribution in [0.3, 0.4) is 0 Å². The van der Waals surface area contributed by atoms with Gasteiger partial charge in [-0.05, 0) is 37.3 Å². The molecule has 2 heterocycles. The summed E-state index contributed by atoms with van der Waals surface area (Å²) in [5.74, 6) is 1.15. The Morgan fingerprint density at radius 1 is 1.18 bits per heavy atom. The van der Waals surface area contributed by atoms with E-state index in [-0.39, 0.29) is 11.9 Å². The highest BCUT2D eigenvalue weighted by Crippen LogP contribution is 2.30. The zero-order chi connectivity index (χ0) is 15.4. The fourth-order valence-electron chi connectivity index (χ4n) is 2.29. The zero-order valence-corrected chi connectivity index (χ0v) is 12.4. The van der Waals surface area contributed by atoms with E-state index in [0.717, 1.165) is 12.1 Å². The average molecular weight is 298 g/mol. The summed E-state index contributed by atoms with van der Waals surface area (Å²) in [5.41, 5.74) is 1.37. The Hall–Kier alpha value is -2.56. The second-order valence-corrected chi connectivity index (χ2v) is 5.16. The molecule has 3 rings (SSSR count). The topological polar surface area (TPSA) is 60.5 Å². The number of pyridine rings is 1. The summed E-state index contributed by atoms with van der Waals surface area (Å²) >= 11 is 0. The standard InChI is InChI=1S/C17H18N2O3/c1-12(14-5-2-3-8-18-14)19-17(20)13-6-7-15-16(11-13)22-10-4-9-21-15/h2-3,5-8,11-12H,4,9-10H2,1H3,(H,19,20). The van der Waals surface area contributed by atoms with Crippen LogP contribution in [-0.2, 0) is 0 Å². The van der Waals surface area contributed by atoms with Gasteiger partial charge in [-0.25, -0.2) is 0 Å². The van der Waals surface area contributed by atoms with E-state index in [2.05, 4.69) is 10.3 Å². The molecule has 5 nitrogen and oxygen atoms in total. The first-order valence-electron chi connectivity index (χ1n) is 7.35. The summed E-state index contributed by atoms with van der Waals surface area (Å²) in [6.45, 7) is 3.14. The first-order chi connectivity index (χ1) is 10.7. The third kappa shape index (κ3) is 3.19. The van der Waals surface area contributed by atoms with Gasteiger partial charge in [0, 0.05) is 18.2 Å². The fraction of sp³-hybridized carbons (Fsp3) is 0.294. The van der Waals surface area contributed by atoms with Gasteiger partial charge in [-0.2, -0.15) is 0 Å². The summed E-state index contributed by atoms with van der Waals surface area (Å²) in [4.78, 5) is 16.6. The van der Waals surface area contributed by atoms with Crippen molar-refractivity contribution in [2.45, 2.75) is 19.4 Å². The van der Waals surface area contributed by atoms with Crippen molar-refractivity contribution in [3.63, 3.8) is 0 Å². The molecule has 5 heteroatoms. The van der Waals surface area contributed by atoms with Gasteiger partial charge in [0.25, 0.3) is 5.91 Å². The number of aromatic nitrogens is 1. The van der Waals surface area contributed by atoms with Gasteiger partial charge >= 0.3 is 0 Å². The molecule has 1 atom stereocenters. The summed E-state index contributed by atoms with van der Waals surface area (Å²) < 4.78 is 11.2. The molecule has 0 spiro atoms. The predicted molar refractivity (Wildman–Crippen MR) is 82.2 cm³/mol. The van der Waals surface area contributed by atoms with Gasteiger partial charge in [0.05, 0.1) is 24.9 Å². The lowest BCUT2D eigenvalue weighted by Crippen LogP contribution is -2.27. The smallest absolute Gasteiger partial charge is 0.251 e. The number of fused-ring (bicyclic) bond motifs is 1. The Bertz CT molecular complexity index is 658. The molecule has 1 amide bonds. The number of benzene rings is 1. The van der Waals surface area contributed by atoms with E-state index in [9.17, 15) is 4.79 Å². The maximum atomic E-state index is 12.4. The van der Waals surface area contributed by atoms with Gasteiger partial charge in [-0.15, -0.1) is 0 Å². The zero-order valence-electron chi connectivity index (χ0n) is 12.4. The maximum absolute atomic E-state index is 12.4. The van der Waals surface area contributed by atoms with Crippen LogP contribution in [0.4, 0.5) is 0 Å². The number of hydrogen-bond donors (Lipinski definition) is 1. The van der Waals surface area contributed by atoms with Crippen LogP contribution in [0.25, 0.3) is 0 Å². The van der Waals surface area contributed by atoms with Crippen LogP contribution in [0.1, 0.15) is 35.4 Å². The average Bonchev–Trinajstić information content (AvgIpc) is 2.80. The van der Waals surface area contributed by atoms with Gasteiger partial charge in [-0.1, -0.05) is 6.07 Å². The highest BCUT2D eigenvalue weighted by Gasteiger charge is 2.16. The number of carbonyl (C=O) groups excluding carboxylic acids is 1. The van der Waals surface area contributed by atoms with Crippen LogP contribution >= 0.6 is 0 Å². The molecule has 0 aliphatic carbocycles. The molecule has 1 aliphatic rings. The summed E-state index contributed by atoms with van der Waals surface area (Å²) in [7, 11) is 0. The lowest BCUT2D eigenvalue weighted by molar-refractivity contribution is 0.0938. The van der Waals surface area contributed by atoms with Crippen molar-refractivity contribution in [3.8, 4) is 11.5 Å². The van der Waals surface area contributed by atoms with E-state index in [4.69, 9.17) is 9.47 Å². The van der Waals surface area contributed by atoms with Crippen molar-refractivity contribution in [1.29, 1.82) is 0 Å². The van der Waals surface area contributed by atoms with E-state index < -0.39 is 0 Å². The molecule has 1 aromatic carbocycles. The minimum Gasteiger partial charge on any atom is -0.490 e. The van der Waals surface area contributed by atoms with Crippen LogP contribution in [-0.4, -0.2) is 24.1 Å². The first-order valence-corrected chi connectivity index (χ1v) is 7.35. The molecule has 22 heavy (non-hydrogen) atoms. The highest BCUT2D eigenvalue weighted by atomic mass is 16.5. The molecular formula is C17H18N2O3. The van der Waals surface area contributed by atoms with Crippen LogP contribution < -0.4 is 14.8 Å². The number of ether oxygens (including phenoxy) is 2. The number of nitrogens with one attached hydrogen (secondary N) is 1. The number of rotatable bonds is 3. The minimum absolute atomic E-state index is 0.159. The van der Waals surface area contributed by atoms with Gasteiger partial charge in [0.15, 0.2) is 11.5 Å². The molecule has 114 valence electrons. The van der Waals surface area contributed by atoms with E-state index in [1.807, 2.05) is 25.1 Å². The van der Waals surface area contributed by atoms with Crippen LogP contribution in [0.15, 0.2) is 42.6 Å². The fourth-order valence-corrected chi connectivity index (χ4v) is 2.29. The lowest BCUT2D eigenvalue weighted by atomic mass is 10.1. The Morgan fingerprint density at radius 3 is 2.77 bits per heavy atom. The Kier molecular flexibility index (Phi) is 4.23. The monoisotopic (exact) mass is 298 g/mol. The van der Waals surface area contributed by atoms with Crippen molar-refractivity contribution < 1.29 is 14.3 Å². The summed E-state index contributed by atoms with van der Waals surface area (Å²) in [6, 6.07) is 10.7. The quantitative estimate of drug-likeness (QED) is 0.946. The molecule has 0 saturated carbocycles. The molecule has 1 aromatic heterocycles. The van der Waals surface area contributed by atoms with Gasteiger partial charge in [-0.3, -0.25) is 9.78 Å². The van der Waals surface area contributed by atoms with E-state index in [0.29, 0.717) is 30.3 Å². The largest absolute Gasteiger partial charge is 0.490 e. The van der Waals surface area contributed by atoms with Crippen molar-refractivity contribution in [3.05, 3.63) is 53.9 Å². The molecule has 1 aliphatic heterocycles. The normalized spacial score (nSPS) is 14.8. The molecule has 2 aromatic rings. The number of hydrogen-bond acceptors (Lipinski definition) is 4. The minimum atomic E-state index is -0.162. The molecule has 0 saturated heterocycles. The van der Waals surface area contributed by atoms with E-state index in [1.54, 1.807) is 24.4 Å². The third-order valence-corrected chi connectivity index (χ3v) is 3.49. The van der Waals surface area contributed by atoms with Gasteiger partial charge in [0.1, 0.15) is 0 Å². The van der Waals surface area contributed by atoms with Crippen molar-refractivity contribution in [1.82, 2.24) is 10.3 Å². The van der Waals surface area contributed by atoms with Crippen LogP contribution in [0.5, 0.6) is 11.5 Å². The lowest BCUT2D eigenvalue weighted by Gasteiger charge is -2.14. The number of nitrogens with zero attached hydrogens (tertiary/aromatic N) is 1. The van der Waals surface area contributed by atoms with Crippen LogP contribution in [0, 0.1) is 0 Å². The maximum Gasteiger partial charge on any atom is 0.251 e. The Balaban J connectivity index is 1.74. The Labute approximate surface area is 129 Å². The molecule has 1 N–H and O–H groups in total. The van der Waals surface area contributed by atoms with Gasteiger partial charge < -0.3 is 14.8 Å². The number of amides is 1. The third-order valence-electron chi connectivity index (χ3n) is 3.49. The summed E-state index contributed by atoms with van der Waals surface area (Å²) in [5, 5.41) is 2.94. The summed E-state index contributed by atoms with van der Waals surface area (Å²) in [6.07, 6.45) is 2.55. The van der Waals surface area contributed by atoms with E-state index >= 15 is 0 Å². The number of carbonyl (C=O) groups is 1. The van der Waals surface area contributed by atoms with Crippen molar-refractivity contribution >= 4 is 5.91 Å². The van der Waals surface area contributed by atoms with E-state index in [1.165, 1.54) is 0 Å². The highest BCUT2D eigenvalue weighted by molar-refractivity contribution is 5.95. The first kappa shape index (κ1) is 14.4. The molecule has 1 unspecified atom stereocenters. The second kappa shape index (κ2) is 6.47. The molecule has 0 radical (unpaired) electrons. The Morgan fingerprint density at radius 2 is 2.00 bits per heavy atom. The molecular weight excluding hydrogens is 280 g/mol. The van der Waals surface area contributed by atoms with Crippen LogP contribution in [0.2, 0.25) is 0 Å². The second-order valence-electron chi connectivity index (χ2n) is 5.16. The van der Waals surface area contributed by atoms with Crippen molar-refractivity contribution in [2.75, 3.05) is 13.2 Å².